The lowest BCUT2D eigenvalue weighted by molar-refractivity contribution is -0.120. The molecule has 0 aromatic heterocycles. The number of fused-ring (bicyclic) bond motifs is 1. The molecule has 1 atom stereocenters. The zero-order valence-electron chi connectivity index (χ0n) is 15.2. The Labute approximate surface area is 159 Å². The second-order valence-electron chi connectivity index (χ2n) is 6.77. The van der Waals surface area contributed by atoms with Crippen molar-refractivity contribution in [3.05, 3.63) is 59.2 Å². The predicted molar refractivity (Wildman–Crippen MR) is 105 cm³/mol. The van der Waals surface area contributed by atoms with E-state index in [-0.39, 0.29) is 12.5 Å². The normalized spacial score (nSPS) is 14.0. The molecular weight excluding hydrogens is 346 g/mol. The average Bonchev–Trinajstić information content (AvgIpc) is 3.08. The number of hydrogen-bond donors (Lipinski definition) is 2. The molecule has 0 spiro atoms. The van der Waals surface area contributed by atoms with Crippen molar-refractivity contribution in [1.29, 1.82) is 0 Å². The van der Waals surface area contributed by atoms with E-state index in [0.717, 1.165) is 28.9 Å². The van der Waals surface area contributed by atoms with E-state index in [0.29, 0.717) is 18.3 Å². The van der Waals surface area contributed by atoms with Crippen LogP contribution in [0.2, 0.25) is 0 Å². The standard InChI is InChI=1S/C21H25NO3S/c1-14(2)26-18-6-3-15(4-7-18)11-21(24)22-13-19(23)16-5-8-20-17(12-16)9-10-25-20/h3-8,12,14,19,23H,9-11,13H2,1-2H3,(H,22,24). The molecular formula is C21H25NO3S. The minimum atomic E-state index is -0.713. The van der Waals surface area contributed by atoms with Gasteiger partial charge in [0.2, 0.25) is 5.91 Å². The van der Waals surface area contributed by atoms with E-state index in [4.69, 9.17) is 4.74 Å². The monoisotopic (exact) mass is 371 g/mol. The van der Waals surface area contributed by atoms with Crippen molar-refractivity contribution >= 4 is 17.7 Å². The molecule has 0 bridgehead atoms. The van der Waals surface area contributed by atoms with Gasteiger partial charge < -0.3 is 15.2 Å². The molecule has 1 aliphatic heterocycles. The van der Waals surface area contributed by atoms with Crippen LogP contribution in [0.1, 0.15) is 36.6 Å². The SMILES string of the molecule is CC(C)Sc1ccc(CC(=O)NCC(O)c2ccc3c(c2)CCO3)cc1. The zero-order valence-corrected chi connectivity index (χ0v) is 16.0. The molecule has 2 aromatic rings. The number of hydrogen-bond acceptors (Lipinski definition) is 4. The van der Waals surface area contributed by atoms with Gasteiger partial charge in [0.05, 0.1) is 19.1 Å². The van der Waals surface area contributed by atoms with E-state index in [2.05, 4.69) is 31.3 Å². The van der Waals surface area contributed by atoms with Gasteiger partial charge in [-0.25, -0.2) is 0 Å². The first kappa shape index (κ1) is 18.8. The first-order valence-electron chi connectivity index (χ1n) is 8.97. The maximum atomic E-state index is 12.2. The molecule has 0 fully saturated rings. The quantitative estimate of drug-likeness (QED) is 0.731. The molecule has 138 valence electrons. The molecule has 3 rings (SSSR count). The Morgan fingerprint density at radius 3 is 2.73 bits per heavy atom. The van der Waals surface area contributed by atoms with E-state index < -0.39 is 6.10 Å². The third-order valence-electron chi connectivity index (χ3n) is 4.25. The summed E-state index contributed by atoms with van der Waals surface area (Å²) in [6.45, 7) is 5.22. The van der Waals surface area contributed by atoms with E-state index in [9.17, 15) is 9.90 Å². The van der Waals surface area contributed by atoms with Crippen molar-refractivity contribution in [2.75, 3.05) is 13.2 Å². The molecule has 2 N–H and O–H groups in total. The fraction of sp³-hybridized carbons (Fsp3) is 0.381. The number of aliphatic hydroxyl groups is 1. The first-order valence-corrected chi connectivity index (χ1v) is 9.85. The number of ether oxygens (including phenoxy) is 1. The van der Waals surface area contributed by atoms with Gasteiger partial charge in [0.1, 0.15) is 5.75 Å². The summed E-state index contributed by atoms with van der Waals surface area (Å²) in [5.74, 6) is 0.807. The largest absolute Gasteiger partial charge is 0.493 e. The van der Waals surface area contributed by atoms with Gasteiger partial charge in [0.15, 0.2) is 0 Å². The smallest absolute Gasteiger partial charge is 0.224 e. The summed E-state index contributed by atoms with van der Waals surface area (Å²) in [7, 11) is 0. The van der Waals surface area contributed by atoms with Crippen LogP contribution in [-0.2, 0) is 17.6 Å². The first-order chi connectivity index (χ1) is 12.5. The lowest BCUT2D eigenvalue weighted by Crippen LogP contribution is -2.29. The minimum Gasteiger partial charge on any atom is -0.493 e. The minimum absolute atomic E-state index is 0.0854. The molecule has 1 unspecified atom stereocenters. The topological polar surface area (TPSA) is 58.6 Å². The highest BCUT2D eigenvalue weighted by Crippen LogP contribution is 2.28. The summed E-state index contributed by atoms with van der Waals surface area (Å²) in [4.78, 5) is 13.4. The lowest BCUT2D eigenvalue weighted by Gasteiger charge is -2.13. The van der Waals surface area contributed by atoms with Gasteiger partial charge in [0.25, 0.3) is 0 Å². The molecule has 1 heterocycles. The Morgan fingerprint density at radius 1 is 1.23 bits per heavy atom. The Balaban J connectivity index is 1.49. The Kier molecular flexibility index (Phi) is 6.22. The van der Waals surface area contributed by atoms with Gasteiger partial charge in [-0.1, -0.05) is 32.0 Å². The number of amides is 1. The van der Waals surface area contributed by atoms with Gasteiger partial charge in [-0.2, -0.15) is 0 Å². The second kappa shape index (κ2) is 8.60. The highest BCUT2D eigenvalue weighted by Gasteiger charge is 2.16. The van der Waals surface area contributed by atoms with Gasteiger partial charge in [0, 0.05) is 23.1 Å². The molecule has 1 amide bonds. The number of thioether (sulfide) groups is 1. The molecule has 0 saturated heterocycles. The summed E-state index contributed by atoms with van der Waals surface area (Å²) in [5, 5.41) is 13.7. The van der Waals surface area contributed by atoms with Crippen LogP contribution in [0.4, 0.5) is 0 Å². The van der Waals surface area contributed by atoms with Crippen LogP contribution >= 0.6 is 11.8 Å². The van der Waals surface area contributed by atoms with Crippen LogP contribution in [0.25, 0.3) is 0 Å². The van der Waals surface area contributed by atoms with E-state index in [1.807, 2.05) is 30.3 Å². The van der Waals surface area contributed by atoms with E-state index >= 15 is 0 Å². The molecule has 26 heavy (non-hydrogen) atoms. The average molecular weight is 372 g/mol. The molecule has 4 nitrogen and oxygen atoms in total. The van der Waals surface area contributed by atoms with Crippen molar-refractivity contribution in [3.8, 4) is 5.75 Å². The van der Waals surface area contributed by atoms with Crippen LogP contribution in [0, 0.1) is 0 Å². The Morgan fingerprint density at radius 2 is 2.00 bits per heavy atom. The van der Waals surface area contributed by atoms with Crippen molar-refractivity contribution in [2.24, 2.45) is 0 Å². The summed E-state index contributed by atoms with van der Waals surface area (Å²) in [6, 6.07) is 13.8. The molecule has 2 aromatic carbocycles. The Hall–Kier alpha value is -1.98. The van der Waals surface area contributed by atoms with Crippen molar-refractivity contribution < 1.29 is 14.6 Å². The molecule has 0 saturated carbocycles. The van der Waals surface area contributed by atoms with Crippen molar-refractivity contribution in [1.82, 2.24) is 5.32 Å². The van der Waals surface area contributed by atoms with Crippen molar-refractivity contribution in [3.63, 3.8) is 0 Å². The van der Waals surface area contributed by atoms with E-state index in [1.54, 1.807) is 11.8 Å². The molecule has 5 heteroatoms. The number of carbonyl (C=O) groups excluding carboxylic acids is 1. The number of benzene rings is 2. The highest BCUT2D eigenvalue weighted by atomic mass is 32.2. The summed E-state index contributed by atoms with van der Waals surface area (Å²) in [6.07, 6.45) is 0.472. The number of nitrogens with one attached hydrogen (secondary N) is 1. The summed E-state index contributed by atoms with van der Waals surface area (Å²) >= 11 is 1.80. The maximum Gasteiger partial charge on any atom is 0.224 e. The number of aliphatic hydroxyl groups excluding tert-OH is 1. The third kappa shape index (κ3) is 5.02. The van der Waals surface area contributed by atoms with Gasteiger partial charge >= 0.3 is 0 Å². The van der Waals surface area contributed by atoms with Crippen LogP contribution in [0.3, 0.4) is 0 Å². The van der Waals surface area contributed by atoms with Crippen LogP contribution in [-0.4, -0.2) is 29.4 Å². The molecule has 0 radical (unpaired) electrons. The number of rotatable bonds is 7. The van der Waals surface area contributed by atoms with E-state index in [1.165, 1.54) is 4.90 Å². The zero-order chi connectivity index (χ0) is 18.5. The second-order valence-corrected chi connectivity index (χ2v) is 8.42. The van der Waals surface area contributed by atoms with Gasteiger partial charge in [-0.15, -0.1) is 11.8 Å². The van der Waals surface area contributed by atoms with Crippen LogP contribution in [0.5, 0.6) is 5.75 Å². The van der Waals surface area contributed by atoms with Gasteiger partial charge in [-0.3, -0.25) is 4.79 Å². The lowest BCUT2D eigenvalue weighted by atomic mass is 10.0. The third-order valence-corrected chi connectivity index (χ3v) is 5.27. The summed E-state index contributed by atoms with van der Waals surface area (Å²) < 4.78 is 5.47. The Bertz CT molecular complexity index is 758. The van der Waals surface area contributed by atoms with Gasteiger partial charge in [-0.05, 0) is 41.0 Å². The van der Waals surface area contributed by atoms with Crippen LogP contribution < -0.4 is 10.1 Å². The fourth-order valence-electron chi connectivity index (χ4n) is 2.95. The number of carbonyl (C=O) groups is 1. The predicted octanol–water partition coefficient (Wildman–Crippen LogP) is 3.51. The fourth-order valence-corrected chi connectivity index (χ4v) is 3.79. The maximum absolute atomic E-state index is 12.2. The molecule has 1 aliphatic rings. The molecule has 0 aliphatic carbocycles. The van der Waals surface area contributed by atoms with Crippen molar-refractivity contribution in [2.45, 2.75) is 42.9 Å². The van der Waals surface area contributed by atoms with Crippen LogP contribution in [0.15, 0.2) is 47.4 Å². The highest BCUT2D eigenvalue weighted by molar-refractivity contribution is 7.99. The summed E-state index contributed by atoms with van der Waals surface area (Å²) in [5.41, 5.74) is 2.90.